The summed E-state index contributed by atoms with van der Waals surface area (Å²) in [5.41, 5.74) is 0. The van der Waals surface area contributed by atoms with Crippen LogP contribution in [0.1, 0.15) is 12.8 Å². The lowest BCUT2D eigenvalue weighted by molar-refractivity contribution is 0.227. The van der Waals surface area contributed by atoms with E-state index in [1.807, 2.05) is 0 Å². The molecule has 3 nitrogen and oxygen atoms in total. The number of halogens is 1. The lowest BCUT2D eigenvalue weighted by Crippen LogP contribution is -2.33. The van der Waals surface area contributed by atoms with Crippen molar-refractivity contribution in [3.05, 3.63) is 0 Å². The van der Waals surface area contributed by atoms with E-state index in [0.717, 1.165) is 12.8 Å². The van der Waals surface area contributed by atoms with Crippen LogP contribution in [0.4, 0.5) is 0 Å². The fraction of sp³-hybridized carbons (Fsp3) is 1.00. The van der Waals surface area contributed by atoms with Crippen molar-refractivity contribution in [3.8, 4) is 0 Å². The molecule has 2 atom stereocenters. The monoisotopic (exact) mass is 167 g/mol. The van der Waals surface area contributed by atoms with Crippen LogP contribution in [0.25, 0.3) is 0 Å². The summed E-state index contributed by atoms with van der Waals surface area (Å²) in [5.74, 6) is 0. The normalized spacial score (nSPS) is 31.8. The molecule has 0 bridgehead atoms. The SMILES string of the molecule is Cl.OCC1CCC(CO)N1. The van der Waals surface area contributed by atoms with E-state index in [9.17, 15) is 0 Å². The molecule has 62 valence electrons. The lowest BCUT2D eigenvalue weighted by Gasteiger charge is -2.08. The highest BCUT2D eigenvalue weighted by Crippen LogP contribution is 2.10. The van der Waals surface area contributed by atoms with Crippen molar-refractivity contribution in [2.75, 3.05) is 13.2 Å². The van der Waals surface area contributed by atoms with E-state index in [1.54, 1.807) is 0 Å². The van der Waals surface area contributed by atoms with E-state index >= 15 is 0 Å². The van der Waals surface area contributed by atoms with Crippen molar-refractivity contribution in [2.24, 2.45) is 0 Å². The molecule has 3 N–H and O–H groups in total. The van der Waals surface area contributed by atoms with Gasteiger partial charge in [0, 0.05) is 12.1 Å². The standard InChI is InChI=1S/C6H13NO2.ClH/c8-3-5-1-2-6(4-9)7-5;/h5-9H,1-4H2;1H. The van der Waals surface area contributed by atoms with E-state index < -0.39 is 0 Å². The Morgan fingerprint density at radius 3 is 1.70 bits per heavy atom. The van der Waals surface area contributed by atoms with Gasteiger partial charge in [-0.15, -0.1) is 12.4 Å². The number of nitrogens with one attached hydrogen (secondary N) is 1. The molecule has 10 heavy (non-hydrogen) atoms. The Morgan fingerprint density at radius 2 is 1.50 bits per heavy atom. The highest BCUT2D eigenvalue weighted by atomic mass is 35.5. The topological polar surface area (TPSA) is 52.5 Å². The first kappa shape index (κ1) is 10.2. The molecule has 1 heterocycles. The second-order valence-corrected chi connectivity index (χ2v) is 2.50. The predicted molar refractivity (Wildman–Crippen MR) is 41.4 cm³/mol. The van der Waals surface area contributed by atoms with Crippen molar-refractivity contribution in [1.82, 2.24) is 5.32 Å². The van der Waals surface area contributed by atoms with Gasteiger partial charge in [-0.2, -0.15) is 0 Å². The maximum atomic E-state index is 8.64. The third-order valence-electron chi connectivity index (χ3n) is 1.78. The maximum absolute atomic E-state index is 8.64. The van der Waals surface area contributed by atoms with Gasteiger partial charge >= 0.3 is 0 Å². The summed E-state index contributed by atoms with van der Waals surface area (Å²) in [4.78, 5) is 0. The van der Waals surface area contributed by atoms with E-state index in [4.69, 9.17) is 10.2 Å². The van der Waals surface area contributed by atoms with Crippen molar-refractivity contribution < 1.29 is 10.2 Å². The van der Waals surface area contributed by atoms with E-state index in [-0.39, 0.29) is 37.7 Å². The number of aliphatic hydroxyl groups is 2. The third kappa shape index (κ3) is 2.42. The highest BCUT2D eigenvalue weighted by Gasteiger charge is 2.21. The van der Waals surface area contributed by atoms with Gasteiger partial charge in [-0.25, -0.2) is 0 Å². The van der Waals surface area contributed by atoms with Crippen molar-refractivity contribution in [3.63, 3.8) is 0 Å². The summed E-state index contributed by atoms with van der Waals surface area (Å²) in [6.45, 7) is 0.382. The van der Waals surface area contributed by atoms with Crippen LogP contribution in [0.5, 0.6) is 0 Å². The Labute approximate surface area is 66.8 Å². The summed E-state index contributed by atoms with van der Waals surface area (Å²) in [6, 6.07) is 0.448. The van der Waals surface area contributed by atoms with Gasteiger partial charge in [0.2, 0.25) is 0 Å². The average molecular weight is 168 g/mol. The zero-order valence-corrected chi connectivity index (χ0v) is 6.60. The van der Waals surface area contributed by atoms with Crippen LogP contribution in [-0.2, 0) is 0 Å². The molecule has 1 saturated heterocycles. The van der Waals surface area contributed by atoms with Crippen LogP contribution in [0.3, 0.4) is 0 Å². The van der Waals surface area contributed by atoms with Crippen molar-refractivity contribution >= 4 is 12.4 Å². The fourth-order valence-electron chi connectivity index (χ4n) is 1.19. The summed E-state index contributed by atoms with van der Waals surface area (Å²) in [7, 11) is 0. The summed E-state index contributed by atoms with van der Waals surface area (Å²) < 4.78 is 0. The second kappa shape index (κ2) is 4.91. The second-order valence-electron chi connectivity index (χ2n) is 2.50. The molecule has 1 aliphatic rings. The van der Waals surface area contributed by atoms with Crippen LogP contribution in [0.15, 0.2) is 0 Å². The van der Waals surface area contributed by atoms with Gasteiger partial charge in [0.15, 0.2) is 0 Å². The first-order valence-corrected chi connectivity index (χ1v) is 3.34. The Balaban J connectivity index is 0.000000810. The number of rotatable bonds is 2. The molecular weight excluding hydrogens is 154 g/mol. The fourth-order valence-corrected chi connectivity index (χ4v) is 1.19. The van der Waals surface area contributed by atoms with Gasteiger partial charge in [-0.3, -0.25) is 0 Å². The van der Waals surface area contributed by atoms with Crippen LogP contribution >= 0.6 is 12.4 Å². The van der Waals surface area contributed by atoms with Crippen molar-refractivity contribution in [1.29, 1.82) is 0 Å². The Bertz CT molecular complexity index is 81.8. The van der Waals surface area contributed by atoms with E-state index in [1.165, 1.54) is 0 Å². The molecule has 1 rings (SSSR count). The zero-order valence-electron chi connectivity index (χ0n) is 5.79. The highest BCUT2D eigenvalue weighted by molar-refractivity contribution is 5.85. The predicted octanol–water partition coefficient (Wildman–Crippen LogP) is -0.487. The average Bonchev–Trinajstić information content (AvgIpc) is 2.34. The maximum Gasteiger partial charge on any atom is 0.0584 e. The number of hydrogen-bond donors (Lipinski definition) is 3. The first-order chi connectivity index (χ1) is 4.36. The quantitative estimate of drug-likeness (QED) is 0.521. The molecule has 2 unspecified atom stereocenters. The summed E-state index contributed by atoms with van der Waals surface area (Å²) >= 11 is 0. The van der Waals surface area contributed by atoms with Gasteiger partial charge < -0.3 is 15.5 Å². The Kier molecular flexibility index (Phi) is 4.99. The molecule has 0 aromatic rings. The van der Waals surface area contributed by atoms with Crippen LogP contribution in [-0.4, -0.2) is 35.5 Å². The van der Waals surface area contributed by atoms with Gasteiger partial charge in [0.1, 0.15) is 0 Å². The van der Waals surface area contributed by atoms with Gasteiger partial charge in [-0.1, -0.05) is 0 Å². The lowest BCUT2D eigenvalue weighted by atomic mass is 10.2. The molecule has 0 radical (unpaired) electrons. The largest absolute Gasteiger partial charge is 0.395 e. The molecule has 0 aromatic heterocycles. The zero-order chi connectivity index (χ0) is 6.69. The molecule has 1 fully saturated rings. The summed E-state index contributed by atoms with van der Waals surface area (Å²) in [6.07, 6.45) is 1.98. The molecule has 0 saturated carbocycles. The van der Waals surface area contributed by atoms with Crippen LogP contribution in [0, 0.1) is 0 Å². The Morgan fingerprint density at radius 1 is 1.10 bits per heavy atom. The van der Waals surface area contributed by atoms with Crippen LogP contribution in [0.2, 0.25) is 0 Å². The minimum absolute atomic E-state index is 0. The molecule has 1 aliphatic heterocycles. The molecule has 0 spiro atoms. The Hall–Kier alpha value is 0.170. The number of hydrogen-bond acceptors (Lipinski definition) is 3. The first-order valence-electron chi connectivity index (χ1n) is 3.34. The molecular formula is C6H14ClNO2. The number of aliphatic hydroxyl groups excluding tert-OH is 2. The minimum Gasteiger partial charge on any atom is -0.395 e. The van der Waals surface area contributed by atoms with Gasteiger partial charge in [-0.05, 0) is 12.8 Å². The minimum atomic E-state index is 0. The smallest absolute Gasteiger partial charge is 0.0584 e. The van der Waals surface area contributed by atoms with E-state index in [0.29, 0.717) is 0 Å². The molecule has 4 heteroatoms. The molecule has 0 aliphatic carbocycles. The molecule has 0 aromatic carbocycles. The van der Waals surface area contributed by atoms with Gasteiger partial charge in [0.05, 0.1) is 13.2 Å². The van der Waals surface area contributed by atoms with Crippen molar-refractivity contribution in [2.45, 2.75) is 24.9 Å². The third-order valence-corrected chi connectivity index (χ3v) is 1.78. The summed E-state index contributed by atoms with van der Waals surface area (Å²) in [5, 5.41) is 20.4. The van der Waals surface area contributed by atoms with E-state index in [2.05, 4.69) is 5.32 Å². The van der Waals surface area contributed by atoms with Crippen LogP contribution < -0.4 is 5.32 Å². The molecule has 0 amide bonds. The van der Waals surface area contributed by atoms with Gasteiger partial charge in [0.25, 0.3) is 0 Å².